The van der Waals surface area contributed by atoms with Crippen molar-refractivity contribution in [1.29, 1.82) is 0 Å². The van der Waals surface area contributed by atoms with Gasteiger partial charge in [-0.1, -0.05) is 31.2 Å². The average Bonchev–Trinajstić information content (AvgIpc) is 2.61. The summed E-state index contributed by atoms with van der Waals surface area (Å²) >= 11 is 0. The van der Waals surface area contributed by atoms with E-state index in [1.807, 2.05) is 0 Å². The van der Waals surface area contributed by atoms with E-state index in [1.165, 1.54) is 11.1 Å². The molecule has 1 saturated carbocycles. The minimum Gasteiger partial charge on any atom is -0.327 e. The lowest BCUT2D eigenvalue weighted by atomic mass is 9.93. The minimum atomic E-state index is 0.269. The molecule has 1 aromatic rings. The molecule has 0 unspecified atom stereocenters. The van der Waals surface area contributed by atoms with E-state index >= 15 is 0 Å². The van der Waals surface area contributed by atoms with Crippen molar-refractivity contribution >= 4 is 0 Å². The van der Waals surface area contributed by atoms with E-state index in [4.69, 9.17) is 5.73 Å². The molecule has 1 heteroatoms. The highest BCUT2D eigenvalue weighted by molar-refractivity contribution is 5.40. The Kier molecular flexibility index (Phi) is 1.52. The molecule has 0 bridgehead atoms. The van der Waals surface area contributed by atoms with Crippen LogP contribution in [-0.2, 0) is 5.41 Å². The molecule has 2 rings (SSSR count). The van der Waals surface area contributed by atoms with Crippen molar-refractivity contribution in [3.05, 3.63) is 35.4 Å². The number of nitrogens with two attached hydrogens (primary N) is 1. The largest absolute Gasteiger partial charge is 0.327 e. The fourth-order valence-corrected chi connectivity index (χ4v) is 1.92. The highest BCUT2D eigenvalue weighted by Crippen LogP contribution is 2.47. The smallest absolute Gasteiger partial charge is 0.0143 e. The normalized spacial score (nSPS) is 33.4. The number of hydrogen-bond acceptors (Lipinski definition) is 1. The lowest BCUT2D eigenvalue weighted by molar-refractivity contribution is 0.735. The Morgan fingerprint density at radius 2 is 2.00 bits per heavy atom. The molecule has 64 valence electrons. The molecule has 0 spiro atoms. The first-order valence-corrected chi connectivity index (χ1v) is 4.46. The van der Waals surface area contributed by atoms with E-state index in [-0.39, 0.29) is 5.41 Å². The van der Waals surface area contributed by atoms with Gasteiger partial charge in [0.1, 0.15) is 0 Å². The highest BCUT2D eigenvalue weighted by atomic mass is 14.8. The summed E-state index contributed by atoms with van der Waals surface area (Å²) in [4.78, 5) is 0. The van der Waals surface area contributed by atoms with Crippen LogP contribution < -0.4 is 5.73 Å². The second-order valence-electron chi connectivity index (χ2n) is 4.04. The topological polar surface area (TPSA) is 26.0 Å². The van der Waals surface area contributed by atoms with Gasteiger partial charge in [-0.25, -0.2) is 0 Å². The first-order chi connectivity index (χ1) is 5.64. The van der Waals surface area contributed by atoms with Crippen LogP contribution in [0, 0.1) is 6.92 Å². The average molecular weight is 161 g/mol. The summed E-state index contributed by atoms with van der Waals surface area (Å²) in [6, 6.07) is 8.90. The van der Waals surface area contributed by atoms with Crippen LogP contribution in [0.1, 0.15) is 24.5 Å². The van der Waals surface area contributed by atoms with Crippen LogP contribution in [0.2, 0.25) is 0 Å². The molecule has 0 saturated heterocycles. The molecule has 2 N–H and O–H groups in total. The zero-order valence-corrected chi connectivity index (χ0v) is 7.67. The third kappa shape index (κ3) is 0.969. The Hall–Kier alpha value is -0.820. The Balaban J connectivity index is 2.41. The quantitative estimate of drug-likeness (QED) is 0.669. The van der Waals surface area contributed by atoms with E-state index in [2.05, 4.69) is 38.1 Å². The number of rotatable bonds is 1. The van der Waals surface area contributed by atoms with Crippen LogP contribution in [0.15, 0.2) is 24.3 Å². The molecule has 1 aliphatic carbocycles. The first-order valence-electron chi connectivity index (χ1n) is 4.46. The molecule has 1 aromatic carbocycles. The van der Waals surface area contributed by atoms with Gasteiger partial charge in [-0.2, -0.15) is 0 Å². The SMILES string of the molecule is Cc1ccccc1[C@@]1(C)C[C@@H]1N. The molecule has 1 nitrogen and oxygen atoms in total. The maximum Gasteiger partial charge on any atom is 0.0143 e. The Labute approximate surface area is 73.6 Å². The van der Waals surface area contributed by atoms with Crippen molar-refractivity contribution in [3.63, 3.8) is 0 Å². The van der Waals surface area contributed by atoms with Crippen LogP contribution in [0.5, 0.6) is 0 Å². The summed E-state index contributed by atoms with van der Waals surface area (Å²) in [5.74, 6) is 0. The van der Waals surface area contributed by atoms with Crippen molar-refractivity contribution < 1.29 is 0 Å². The molecule has 1 aliphatic rings. The fourth-order valence-electron chi connectivity index (χ4n) is 1.92. The van der Waals surface area contributed by atoms with Crippen LogP contribution >= 0.6 is 0 Å². The van der Waals surface area contributed by atoms with Gasteiger partial charge < -0.3 is 5.73 Å². The summed E-state index contributed by atoms with van der Waals surface area (Å²) in [6.45, 7) is 4.41. The van der Waals surface area contributed by atoms with Gasteiger partial charge in [0.05, 0.1) is 0 Å². The summed E-state index contributed by atoms with van der Waals surface area (Å²) in [6.07, 6.45) is 1.14. The number of benzene rings is 1. The van der Waals surface area contributed by atoms with Gasteiger partial charge in [0.2, 0.25) is 0 Å². The van der Waals surface area contributed by atoms with E-state index in [1.54, 1.807) is 0 Å². The van der Waals surface area contributed by atoms with Crippen molar-refractivity contribution in [2.75, 3.05) is 0 Å². The molecule has 1 fully saturated rings. The standard InChI is InChI=1S/C11H15N/c1-8-5-3-4-6-9(8)11(2)7-10(11)12/h3-6,10H,7,12H2,1-2H3/t10-,11+/m0/s1. The van der Waals surface area contributed by atoms with Crippen LogP contribution in [-0.4, -0.2) is 6.04 Å². The van der Waals surface area contributed by atoms with E-state index in [0.717, 1.165) is 6.42 Å². The molecule has 12 heavy (non-hydrogen) atoms. The van der Waals surface area contributed by atoms with Gasteiger partial charge in [-0.05, 0) is 24.5 Å². The Bertz CT molecular complexity index is 306. The summed E-state index contributed by atoms with van der Waals surface area (Å²) < 4.78 is 0. The third-order valence-electron chi connectivity index (χ3n) is 3.06. The van der Waals surface area contributed by atoms with E-state index in [9.17, 15) is 0 Å². The Morgan fingerprint density at radius 3 is 2.50 bits per heavy atom. The Morgan fingerprint density at radius 1 is 1.42 bits per heavy atom. The predicted octanol–water partition coefficient (Wildman–Crippen LogP) is 1.98. The maximum absolute atomic E-state index is 5.90. The zero-order valence-electron chi connectivity index (χ0n) is 7.67. The van der Waals surface area contributed by atoms with E-state index < -0.39 is 0 Å². The van der Waals surface area contributed by atoms with Crippen molar-refractivity contribution in [2.24, 2.45) is 5.73 Å². The first kappa shape index (κ1) is 7.81. The summed E-state index contributed by atoms with van der Waals surface area (Å²) in [5, 5.41) is 0. The number of hydrogen-bond donors (Lipinski definition) is 1. The lowest BCUT2D eigenvalue weighted by Crippen LogP contribution is -2.15. The minimum absolute atomic E-state index is 0.269. The van der Waals surface area contributed by atoms with Gasteiger partial charge in [-0.15, -0.1) is 0 Å². The number of aryl methyl sites for hydroxylation is 1. The van der Waals surface area contributed by atoms with Gasteiger partial charge in [0.25, 0.3) is 0 Å². The second-order valence-corrected chi connectivity index (χ2v) is 4.04. The van der Waals surface area contributed by atoms with Gasteiger partial charge in [0, 0.05) is 11.5 Å². The van der Waals surface area contributed by atoms with Crippen molar-refractivity contribution in [3.8, 4) is 0 Å². The lowest BCUT2D eigenvalue weighted by Gasteiger charge is -2.12. The van der Waals surface area contributed by atoms with Crippen molar-refractivity contribution in [1.82, 2.24) is 0 Å². The predicted molar refractivity (Wildman–Crippen MR) is 51.1 cm³/mol. The maximum atomic E-state index is 5.90. The molecule has 2 atom stereocenters. The molecule has 0 aromatic heterocycles. The van der Waals surface area contributed by atoms with Gasteiger partial charge in [-0.3, -0.25) is 0 Å². The third-order valence-corrected chi connectivity index (χ3v) is 3.06. The molecule has 0 amide bonds. The second kappa shape index (κ2) is 2.33. The highest BCUT2D eigenvalue weighted by Gasteiger charge is 2.49. The molecule has 0 aliphatic heterocycles. The molecular weight excluding hydrogens is 146 g/mol. The summed E-state index contributed by atoms with van der Waals surface area (Å²) in [7, 11) is 0. The van der Waals surface area contributed by atoms with Crippen LogP contribution in [0.3, 0.4) is 0 Å². The zero-order chi connectivity index (χ0) is 8.77. The van der Waals surface area contributed by atoms with Gasteiger partial charge >= 0.3 is 0 Å². The summed E-state index contributed by atoms with van der Waals surface area (Å²) in [5.41, 5.74) is 8.97. The molecule has 0 heterocycles. The monoisotopic (exact) mass is 161 g/mol. The van der Waals surface area contributed by atoms with Crippen LogP contribution in [0.25, 0.3) is 0 Å². The van der Waals surface area contributed by atoms with Crippen molar-refractivity contribution in [2.45, 2.75) is 31.7 Å². The van der Waals surface area contributed by atoms with Crippen LogP contribution in [0.4, 0.5) is 0 Å². The van der Waals surface area contributed by atoms with E-state index in [0.29, 0.717) is 6.04 Å². The van der Waals surface area contributed by atoms with Gasteiger partial charge in [0.15, 0.2) is 0 Å². The molecule has 0 radical (unpaired) electrons. The fraction of sp³-hybridized carbons (Fsp3) is 0.455. The molecular formula is C11H15N.